The van der Waals surface area contributed by atoms with Crippen molar-refractivity contribution in [1.29, 1.82) is 0 Å². The fraction of sp³-hybridized carbons (Fsp3) is 0.417. The average Bonchev–Trinajstić information content (AvgIpc) is 2.31. The molecule has 116 valence electrons. The van der Waals surface area contributed by atoms with Gasteiger partial charge in [0, 0.05) is 16.1 Å². The molecule has 1 amide bonds. The fourth-order valence-electron chi connectivity index (χ4n) is 1.40. The van der Waals surface area contributed by atoms with Crippen LogP contribution in [0.1, 0.15) is 26.3 Å². The summed E-state index contributed by atoms with van der Waals surface area (Å²) in [5.74, 6) is -1.09. The van der Waals surface area contributed by atoms with Gasteiger partial charge in [-0.2, -0.15) is 4.39 Å². The zero-order chi connectivity index (χ0) is 16.4. The Morgan fingerprint density at radius 2 is 2.14 bits per heavy atom. The van der Waals surface area contributed by atoms with Crippen molar-refractivity contribution >= 4 is 39.3 Å². The van der Waals surface area contributed by atoms with Crippen molar-refractivity contribution in [2.24, 2.45) is 0 Å². The van der Waals surface area contributed by atoms with E-state index in [1.807, 2.05) is 0 Å². The standard InChI is InChI=1S/C12H13BrClFN2O4/c1-12(2,3)21-11(18)16-5-6-9(14)7(13)4-8(10(6)15)17(19)20/h4H,5H2,1-3H3,(H,16,18). The van der Waals surface area contributed by atoms with Crippen LogP contribution in [0.4, 0.5) is 14.9 Å². The van der Waals surface area contributed by atoms with Crippen molar-refractivity contribution in [2.45, 2.75) is 32.9 Å². The van der Waals surface area contributed by atoms with Crippen LogP contribution in [-0.4, -0.2) is 16.6 Å². The Balaban J connectivity index is 2.98. The summed E-state index contributed by atoms with van der Waals surface area (Å²) >= 11 is 8.90. The number of hydrogen-bond donors (Lipinski definition) is 1. The zero-order valence-electron chi connectivity index (χ0n) is 11.5. The Bertz CT molecular complexity index is 590. The topological polar surface area (TPSA) is 81.5 Å². The molecular weight excluding hydrogens is 370 g/mol. The number of nitrogens with zero attached hydrogens (tertiary/aromatic N) is 1. The molecule has 0 bridgehead atoms. The third kappa shape index (κ3) is 4.82. The second-order valence-corrected chi connectivity index (χ2v) is 6.33. The number of nitro benzene ring substituents is 1. The molecule has 1 rings (SSSR count). The molecule has 0 unspecified atom stereocenters. The summed E-state index contributed by atoms with van der Waals surface area (Å²) in [4.78, 5) is 21.4. The van der Waals surface area contributed by atoms with E-state index in [1.54, 1.807) is 20.8 Å². The van der Waals surface area contributed by atoms with E-state index in [2.05, 4.69) is 21.2 Å². The number of benzene rings is 1. The van der Waals surface area contributed by atoms with Crippen molar-refractivity contribution < 1.29 is 18.8 Å². The van der Waals surface area contributed by atoms with Gasteiger partial charge in [0.15, 0.2) is 0 Å². The first kappa shape index (κ1) is 17.6. The molecule has 1 N–H and O–H groups in total. The number of carbonyl (C=O) groups is 1. The fourth-order valence-corrected chi connectivity index (χ4v) is 2.07. The first-order chi connectivity index (χ1) is 9.53. The molecule has 21 heavy (non-hydrogen) atoms. The molecule has 1 aromatic carbocycles. The molecule has 0 heterocycles. The van der Waals surface area contributed by atoms with E-state index in [1.165, 1.54) is 0 Å². The molecule has 0 radical (unpaired) electrons. The van der Waals surface area contributed by atoms with E-state index in [0.717, 1.165) is 6.07 Å². The van der Waals surface area contributed by atoms with Crippen LogP contribution in [0.5, 0.6) is 0 Å². The van der Waals surface area contributed by atoms with E-state index in [9.17, 15) is 19.3 Å². The van der Waals surface area contributed by atoms with Crippen LogP contribution in [0.3, 0.4) is 0 Å². The van der Waals surface area contributed by atoms with E-state index < -0.39 is 28.1 Å². The van der Waals surface area contributed by atoms with Gasteiger partial charge in [0.2, 0.25) is 5.82 Å². The summed E-state index contributed by atoms with van der Waals surface area (Å²) in [6, 6.07) is 0.967. The Hall–Kier alpha value is -1.41. The highest BCUT2D eigenvalue weighted by molar-refractivity contribution is 9.10. The number of amides is 1. The number of rotatable bonds is 3. The third-order valence-electron chi connectivity index (χ3n) is 2.23. The van der Waals surface area contributed by atoms with Crippen molar-refractivity contribution in [3.05, 3.63) is 37.1 Å². The largest absolute Gasteiger partial charge is 0.444 e. The Kier molecular flexibility index (Phi) is 5.52. The highest BCUT2D eigenvalue weighted by Crippen LogP contribution is 2.34. The van der Waals surface area contributed by atoms with Crippen LogP contribution in [0.15, 0.2) is 10.5 Å². The van der Waals surface area contributed by atoms with Crippen molar-refractivity contribution in [2.75, 3.05) is 0 Å². The molecule has 1 aromatic rings. The maximum Gasteiger partial charge on any atom is 0.407 e. The third-order valence-corrected chi connectivity index (χ3v) is 3.52. The smallest absolute Gasteiger partial charge is 0.407 e. The van der Waals surface area contributed by atoms with Gasteiger partial charge in [-0.05, 0) is 36.7 Å². The number of alkyl carbamates (subject to hydrolysis) is 1. The van der Waals surface area contributed by atoms with Gasteiger partial charge in [0.25, 0.3) is 0 Å². The molecule has 0 aliphatic carbocycles. The second-order valence-electron chi connectivity index (χ2n) is 5.10. The minimum atomic E-state index is -1.09. The highest BCUT2D eigenvalue weighted by Gasteiger charge is 2.24. The van der Waals surface area contributed by atoms with Gasteiger partial charge in [0.1, 0.15) is 5.60 Å². The van der Waals surface area contributed by atoms with Crippen molar-refractivity contribution in [3.63, 3.8) is 0 Å². The van der Waals surface area contributed by atoms with Gasteiger partial charge in [-0.15, -0.1) is 0 Å². The first-order valence-electron chi connectivity index (χ1n) is 5.80. The second kappa shape index (κ2) is 6.57. The maximum atomic E-state index is 14.0. The molecule has 0 fully saturated rings. The number of halogens is 3. The number of ether oxygens (including phenoxy) is 1. The lowest BCUT2D eigenvalue weighted by Crippen LogP contribution is -2.32. The lowest BCUT2D eigenvalue weighted by atomic mass is 10.2. The summed E-state index contributed by atoms with van der Waals surface area (Å²) in [7, 11) is 0. The SMILES string of the molecule is CC(C)(C)OC(=O)NCc1c(F)c([N+](=O)[O-])cc(Br)c1Cl. The van der Waals surface area contributed by atoms with Crippen LogP contribution in [0.25, 0.3) is 0 Å². The Morgan fingerprint density at radius 1 is 1.57 bits per heavy atom. The van der Waals surface area contributed by atoms with Crippen molar-refractivity contribution in [1.82, 2.24) is 5.32 Å². The number of carbonyl (C=O) groups excluding carboxylic acids is 1. The van der Waals surface area contributed by atoms with Gasteiger partial charge in [-0.25, -0.2) is 4.79 Å². The summed E-state index contributed by atoms with van der Waals surface area (Å²) in [5.41, 5.74) is -1.63. The average molecular weight is 384 g/mol. The molecule has 0 spiro atoms. The lowest BCUT2D eigenvalue weighted by molar-refractivity contribution is -0.387. The zero-order valence-corrected chi connectivity index (χ0v) is 13.8. The number of nitro groups is 1. The van der Waals surface area contributed by atoms with Crippen molar-refractivity contribution in [3.8, 4) is 0 Å². The normalized spacial score (nSPS) is 11.1. The summed E-state index contributed by atoms with van der Waals surface area (Å²) in [5, 5.41) is 13.0. The quantitative estimate of drug-likeness (QED) is 0.482. The van der Waals surface area contributed by atoms with Crippen LogP contribution < -0.4 is 5.32 Å². The van der Waals surface area contributed by atoms with E-state index >= 15 is 0 Å². The molecule has 0 atom stereocenters. The molecule has 0 aliphatic rings. The van der Waals surface area contributed by atoms with Gasteiger partial charge < -0.3 is 10.1 Å². The number of nitrogens with one attached hydrogen (secondary N) is 1. The molecule has 9 heteroatoms. The minimum absolute atomic E-state index is 0.0471. The summed E-state index contributed by atoms with van der Waals surface area (Å²) in [6.07, 6.45) is -0.777. The van der Waals surface area contributed by atoms with Gasteiger partial charge in [-0.3, -0.25) is 10.1 Å². The van der Waals surface area contributed by atoms with Gasteiger partial charge in [0.05, 0.1) is 16.5 Å². The van der Waals surface area contributed by atoms with Crippen LogP contribution in [-0.2, 0) is 11.3 Å². The predicted octanol–water partition coefficient (Wildman–Crippen LogP) is 4.17. The van der Waals surface area contributed by atoms with Crippen LogP contribution in [0, 0.1) is 15.9 Å². The summed E-state index contributed by atoms with van der Waals surface area (Å²) < 4.78 is 19.2. The predicted molar refractivity (Wildman–Crippen MR) is 78.8 cm³/mol. The number of hydrogen-bond acceptors (Lipinski definition) is 4. The minimum Gasteiger partial charge on any atom is -0.444 e. The van der Waals surface area contributed by atoms with E-state index in [0.29, 0.717) is 0 Å². The molecule has 0 aromatic heterocycles. The van der Waals surface area contributed by atoms with Crippen LogP contribution in [0.2, 0.25) is 5.02 Å². The monoisotopic (exact) mass is 382 g/mol. The summed E-state index contributed by atoms with van der Waals surface area (Å²) in [6.45, 7) is 4.68. The highest BCUT2D eigenvalue weighted by atomic mass is 79.9. The van der Waals surface area contributed by atoms with Crippen LogP contribution >= 0.6 is 27.5 Å². The van der Waals surface area contributed by atoms with E-state index in [4.69, 9.17) is 16.3 Å². The molecule has 0 saturated heterocycles. The molecule has 0 aliphatic heterocycles. The van der Waals surface area contributed by atoms with Gasteiger partial charge in [-0.1, -0.05) is 11.6 Å². The van der Waals surface area contributed by atoms with Gasteiger partial charge >= 0.3 is 11.8 Å². The molecule has 6 nitrogen and oxygen atoms in total. The molecule has 0 saturated carbocycles. The Labute approximate surface area is 133 Å². The lowest BCUT2D eigenvalue weighted by Gasteiger charge is -2.20. The van der Waals surface area contributed by atoms with E-state index in [-0.39, 0.29) is 21.6 Å². The maximum absolute atomic E-state index is 14.0. The Morgan fingerprint density at radius 3 is 2.62 bits per heavy atom. The molecular formula is C12H13BrClFN2O4. The first-order valence-corrected chi connectivity index (χ1v) is 6.97.